The molecule has 13 nitrogen and oxygen atoms in total. The van der Waals surface area contributed by atoms with Crippen molar-refractivity contribution in [2.45, 2.75) is 49.9 Å². The first-order valence-electron chi connectivity index (χ1n) is 9.42. The molecule has 4 atom stereocenters. The summed E-state index contributed by atoms with van der Waals surface area (Å²) in [5.41, 5.74) is 10.5. The van der Waals surface area contributed by atoms with E-state index in [9.17, 15) is 33.9 Å². The van der Waals surface area contributed by atoms with Crippen LogP contribution >= 0.6 is 24.4 Å². The smallest absolute Gasteiger partial charge is 0.326 e. The summed E-state index contributed by atoms with van der Waals surface area (Å²) in [7, 11) is 0. The fourth-order valence-corrected chi connectivity index (χ4v) is 3.08. The van der Waals surface area contributed by atoms with Crippen molar-refractivity contribution in [2.75, 3.05) is 17.8 Å². The maximum absolute atomic E-state index is 12.6. The van der Waals surface area contributed by atoms with Crippen LogP contribution in [-0.4, -0.2) is 87.7 Å². The van der Waals surface area contributed by atoms with Crippen molar-refractivity contribution in [3.05, 3.63) is 0 Å². The molecule has 182 valence electrons. The number of primary amides is 1. The second kappa shape index (κ2) is 15.3. The third-order valence-electron chi connectivity index (χ3n) is 4.08. The molecule has 0 aromatic heterocycles. The van der Waals surface area contributed by atoms with Crippen LogP contribution in [0.25, 0.3) is 0 Å². The van der Waals surface area contributed by atoms with Gasteiger partial charge in [-0.05, 0) is 24.9 Å². The Morgan fingerprint density at radius 1 is 0.906 bits per heavy atom. The Morgan fingerprint density at radius 2 is 1.44 bits per heavy atom. The number of thioether (sulfide) groups is 1. The minimum absolute atomic E-state index is 0.161. The highest BCUT2D eigenvalue weighted by atomic mass is 32.2. The highest BCUT2D eigenvalue weighted by Gasteiger charge is 2.30. The van der Waals surface area contributed by atoms with Crippen molar-refractivity contribution in [3.63, 3.8) is 0 Å². The molecule has 0 spiro atoms. The van der Waals surface area contributed by atoms with E-state index in [1.165, 1.54) is 11.8 Å². The largest absolute Gasteiger partial charge is 0.481 e. The zero-order chi connectivity index (χ0) is 24.8. The standard InChI is InChI=1S/C17H29N5O8S2/c1-32-5-4-10(17(29)30)21-16(28)11(7-31)22-15(27)9(2-3-12(19)23)20-14(26)8(18)6-13(24)25/h8-11,31H,2-7,18H2,1H3,(H2,19,23)(H,20,26)(H,21,28)(H,22,27)(H,24,25)(H,29,30). The second-order valence-electron chi connectivity index (χ2n) is 6.70. The van der Waals surface area contributed by atoms with Gasteiger partial charge in [-0.2, -0.15) is 24.4 Å². The molecule has 0 aliphatic rings. The third-order valence-corrected chi connectivity index (χ3v) is 5.09. The zero-order valence-electron chi connectivity index (χ0n) is 17.4. The van der Waals surface area contributed by atoms with Crippen LogP contribution < -0.4 is 27.4 Å². The number of thiol groups is 1. The number of carboxylic acids is 2. The van der Waals surface area contributed by atoms with Gasteiger partial charge in [-0.15, -0.1) is 0 Å². The topological polar surface area (TPSA) is 231 Å². The average molecular weight is 496 g/mol. The van der Waals surface area contributed by atoms with Crippen LogP contribution in [0.15, 0.2) is 0 Å². The van der Waals surface area contributed by atoms with Crippen molar-refractivity contribution in [1.29, 1.82) is 0 Å². The second-order valence-corrected chi connectivity index (χ2v) is 8.05. The van der Waals surface area contributed by atoms with Gasteiger partial charge in [0.2, 0.25) is 23.6 Å². The van der Waals surface area contributed by atoms with Gasteiger partial charge in [0.05, 0.1) is 12.5 Å². The zero-order valence-corrected chi connectivity index (χ0v) is 19.1. The number of hydrogen-bond acceptors (Lipinski definition) is 9. The van der Waals surface area contributed by atoms with Gasteiger partial charge in [-0.25, -0.2) is 4.79 Å². The van der Waals surface area contributed by atoms with E-state index < -0.39 is 66.2 Å². The van der Waals surface area contributed by atoms with Gasteiger partial charge in [0.25, 0.3) is 0 Å². The van der Waals surface area contributed by atoms with E-state index in [2.05, 4.69) is 28.6 Å². The lowest BCUT2D eigenvalue weighted by Crippen LogP contribution is -2.57. The van der Waals surface area contributed by atoms with Crippen LogP contribution in [0.5, 0.6) is 0 Å². The Bertz CT molecular complexity index is 708. The summed E-state index contributed by atoms with van der Waals surface area (Å²) in [6.07, 6.45) is 0.720. The molecule has 0 aromatic rings. The van der Waals surface area contributed by atoms with Gasteiger partial charge in [-0.1, -0.05) is 0 Å². The first-order valence-corrected chi connectivity index (χ1v) is 11.4. The maximum atomic E-state index is 12.6. The predicted molar refractivity (Wildman–Crippen MR) is 119 cm³/mol. The molecule has 32 heavy (non-hydrogen) atoms. The first kappa shape index (κ1) is 29.5. The summed E-state index contributed by atoms with van der Waals surface area (Å²) < 4.78 is 0. The molecular formula is C17H29N5O8S2. The average Bonchev–Trinajstić information content (AvgIpc) is 2.70. The lowest BCUT2D eigenvalue weighted by atomic mass is 10.1. The SMILES string of the molecule is CSCCC(NC(=O)C(CS)NC(=O)C(CCC(N)=O)NC(=O)C(N)CC(=O)O)C(=O)O. The van der Waals surface area contributed by atoms with E-state index in [-0.39, 0.29) is 25.0 Å². The Morgan fingerprint density at radius 3 is 1.91 bits per heavy atom. The number of nitrogens with one attached hydrogen (secondary N) is 3. The summed E-state index contributed by atoms with van der Waals surface area (Å²) in [6.45, 7) is 0. The summed E-state index contributed by atoms with van der Waals surface area (Å²) in [5.74, 6) is -5.67. The Kier molecular flexibility index (Phi) is 14.1. The molecule has 0 fully saturated rings. The molecule has 0 radical (unpaired) electrons. The van der Waals surface area contributed by atoms with Crippen LogP contribution in [0.2, 0.25) is 0 Å². The Balaban J connectivity index is 5.27. The lowest BCUT2D eigenvalue weighted by molar-refractivity contribution is -0.142. The molecule has 0 bridgehead atoms. The highest BCUT2D eigenvalue weighted by Crippen LogP contribution is 2.04. The van der Waals surface area contributed by atoms with Crippen molar-refractivity contribution < 1.29 is 39.0 Å². The van der Waals surface area contributed by atoms with E-state index in [1.807, 2.05) is 0 Å². The number of carbonyl (C=O) groups excluding carboxylic acids is 4. The van der Waals surface area contributed by atoms with Gasteiger partial charge in [0, 0.05) is 12.2 Å². The maximum Gasteiger partial charge on any atom is 0.326 e. The van der Waals surface area contributed by atoms with Crippen molar-refractivity contribution in [2.24, 2.45) is 11.5 Å². The van der Waals surface area contributed by atoms with E-state index >= 15 is 0 Å². The summed E-state index contributed by atoms with van der Waals surface area (Å²) in [5, 5.41) is 24.8. The molecule has 9 N–H and O–H groups in total. The summed E-state index contributed by atoms with van der Waals surface area (Å²) in [6, 6.07) is -5.22. The van der Waals surface area contributed by atoms with E-state index in [0.717, 1.165) is 0 Å². The van der Waals surface area contributed by atoms with Gasteiger partial charge in [0.15, 0.2) is 0 Å². The molecule has 4 unspecified atom stereocenters. The Labute approximate surface area is 194 Å². The van der Waals surface area contributed by atoms with Gasteiger partial charge in [-0.3, -0.25) is 24.0 Å². The summed E-state index contributed by atoms with van der Waals surface area (Å²) in [4.78, 5) is 70.3. The fraction of sp³-hybridized carbons (Fsp3) is 0.647. The fourth-order valence-electron chi connectivity index (χ4n) is 2.35. The van der Waals surface area contributed by atoms with E-state index in [4.69, 9.17) is 16.6 Å². The highest BCUT2D eigenvalue weighted by molar-refractivity contribution is 7.98. The van der Waals surface area contributed by atoms with Crippen LogP contribution in [0.3, 0.4) is 0 Å². The van der Waals surface area contributed by atoms with Crippen molar-refractivity contribution in [1.82, 2.24) is 16.0 Å². The third kappa shape index (κ3) is 11.8. The van der Waals surface area contributed by atoms with Gasteiger partial charge < -0.3 is 37.6 Å². The van der Waals surface area contributed by atoms with Crippen molar-refractivity contribution in [3.8, 4) is 0 Å². The molecule has 4 amide bonds. The molecular weight excluding hydrogens is 466 g/mol. The molecule has 0 aromatic carbocycles. The van der Waals surface area contributed by atoms with Gasteiger partial charge >= 0.3 is 11.9 Å². The normalized spacial score (nSPS) is 14.3. The molecule has 0 aliphatic heterocycles. The van der Waals surface area contributed by atoms with E-state index in [1.54, 1.807) is 6.26 Å². The molecule has 0 rings (SSSR count). The summed E-state index contributed by atoms with van der Waals surface area (Å²) >= 11 is 5.39. The number of nitrogens with two attached hydrogens (primary N) is 2. The number of rotatable bonds is 16. The van der Waals surface area contributed by atoms with Gasteiger partial charge in [0.1, 0.15) is 18.1 Å². The minimum atomic E-state index is -1.45. The lowest BCUT2D eigenvalue weighted by Gasteiger charge is -2.24. The predicted octanol–water partition coefficient (Wildman–Crippen LogP) is -2.72. The molecule has 0 saturated heterocycles. The van der Waals surface area contributed by atoms with E-state index in [0.29, 0.717) is 5.75 Å². The number of carbonyl (C=O) groups is 6. The number of aliphatic carboxylic acids is 2. The molecule has 0 heterocycles. The minimum Gasteiger partial charge on any atom is -0.481 e. The first-order chi connectivity index (χ1) is 14.9. The van der Waals surface area contributed by atoms with Crippen LogP contribution in [0.4, 0.5) is 0 Å². The monoisotopic (exact) mass is 495 g/mol. The number of carboxylic acid groups (broad SMARTS) is 2. The van der Waals surface area contributed by atoms with Crippen LogP contribution in [0, 0.1) is 0 Å². The molecule has 15 heteroatoms. The Hall–Kier alpha value is -2.52. The molecule has 0 aliphatic carbocycles. The quantitative estimate of drug-likeness (QED) is 0.103. The number of hydrogen-bond donors (Lipinski definition) is 8. The molecule has 0 saturated carbocycles. The van der Waals surface area contributed by atoms with Crippen LogP contribution in [0.1, 0.15) is 25.7 Å². The van der Waals surface area contributed by atoms with Crippen LogP contribution in [-0.2, 0) is 28.8 Å². The number of amides is 4. The van der Waals surface area contributed by atoms with Crippen molar-refractivity contribution >= 4 is 60.0 Å².